The maximum atomic E-state index is 14.6. The number of hydrogen-bond donors (Lipinski definition) is 1. The molecule has 0 spiro atoms. The molecule has 0 radical (unpaired) electrons. The van der Waals surface area contributed by atoms with Gasteiger partial charge in [-0.15, -0.1) is 0 Å². The van der Waals surface area contributed by atoms with Gasteiger partial charge in [-0.3, -0.25) is 14.8 Å². The molecular weight excluding hydrogens is 419 g/mol. The number of aromatic amines is 1. The highest BCUT2D eigenvalue weighted by molar-refractivity contribution is 5.89. The molecule has 8 heteroatoms. The van der Waals surface area contributed by atoms with Crippen LogP contribution in [0, 0.1) is 12.7 Å². The van der Waals surface area contributed by atoms with Gasteiger partial charge in [0, 0.05) is 43.9 Å². The summed E-state index contributed by atoms with van der Waals surface area (Å²) in [6.07, 6.45) is 0.998. The molecule has 2 aliphatic rings. The third-order valence-electron chi connectivity index (χ3n) is 6.93. The van der Waals surface area contributed by atoms with Crippen LogP contribution in [0.5, 0.6) is 0 Å². The van der Waals surface area contributed by atoms with Gasteiger partial charge in [-0.1, -0.05) is 24.3 Å². The molecule has 1 saturated heterocycles. The van der Waals surface area contributed by atoms with Crippen molar-refractivity contribution in [2.45, 2.75) is 25.9 Å². The number of nitrogens with zero attached hydrogens (tertiary/aromatic N) is 5. The Bertz CT molecular complexity index is 1410. The molecule has 0 saturated carbocycles. The summed E-state index contributed by atoms with van der Waals surface area (Å²) in [5, 5.41) is 11.9. The minimum absolute atomic E-state index is 0.170. The van der Waals surface area contributed by atoms with E-state index in [1.807, 2.05) is 0 Å². The van der Waals surface area contributed by atoms with Crippen molar-refractivity contribution in [3.63, 3.8) is 0 Å². The van der Waals surface area contributed by atoms with Crippen molar-refractivity contribution in [2.75, 3.05) is 26.7 Å². The Kier molecular flexibility index (Phi) is 4.67. The van der Waals surface area contributed by atoms with Gasteiger partial charge in [0.25, 0.3) is 5.56 Å². The monoisotopic (exact) mass is 444 g/mol. The normalized spacial score (nSPS) is 17.3. The molecule has 4 aromatic rings. The number of H-pyrrole nitrogens is 1. The number of aromatic nitrogens is 4. The standard InChI is InChI=1S/C25H25FN6O/c1-15-4-3-5-20(26)25(15)32-22(33)11-21-24(29-32)23(28-27-21)17-6-7-18-12-31(9-8-16(18)10-17)19-13-30(2)14-19/h3-7,10-11,19,27H,8-9,12-14H2,1-2H3. The fraction of sp³-hybridized carbons (Fsp3) is 0.320. The summed E-state index contributed by atoms with van der Waals surface area (Å²) < 4.78 is 15.7. The first-order chi connectivity index (χ1) is 16.0. The van der Waals surface area contributed by atoms with Crippen LogP contribution in [-0.4, -0.2) is 62.5 Å². The molecule has 0 unspecified atom stereocenters. The number of nitrogens with one attached hydrogen (secondary N) is 1. The SMILES string of the molecule is Cc1cccc(F)c1-n1nc2c(-c3ccc4c(c3)CCN(C3CN(C)C3)C4)n[nH]c2cc1=O. The summed E-state index contributed by atoms with van der Waals surface area (Å²) in [5.74, 6) is -0.481. The van der Waals surface area contributed by atoms with Gasteiger partial charge in [0.15, 0.2) is 0 Å². The average molecular weight is 445 g/mol. The number of likely N-dealkylation sites (tertiary alicyclic amines) is 1. The van der Waals surface area contributed by atoms with Crippen LogP contribution in [0.1, 0.15) is 16.7 Å². The van der Waals surface area contributed by atoms with Gasteiger partial charge in [0.05, 0.1) is 5.52 Å². The zero-order valence-corrected chi connectivity index (χ0v) is 18.7. The van der Waals surface area contributed by atoms with Crippen molar-refractivity contribution in [3.8, 4) is 16.9 Å². The molecule has 1 fully saturated rings. The van der Waals surface area contributed by atoms with E-state index < -0.39 is 11.4 Å². The molecule has 0 amide bonds. The number of likely N-dealkylation sites (N-methyl/N-ethyl adjacent to an activating group) is 1. The highest BCUT2D eigenvalue weighted by Gasteiger charge is 2.31. The fourth-order valence-electron chi connectivity index (χ4n) is 5.07. The molecule has 2 aromatic carbocycles. The summed E-state index contributed by atoms with van der Waals surface area (Å²) in [6, 6.07) is 13.2. The van der Waals surface area contributed by atoms with Gasteiger partial charge >= 0.3 is 0 Å². The maximum absolute atomic E-state index is 14.6. The lowest BCUT2D eigenvalue weighted by Crippen LogP contribution is -2.58. The predicted molar refractivity (Wildman–Crippen MR) is 125 cm³/mol. The van der Waals surface area contributed by atoms with E-state index in [0.29, 0.717) is 28.3 Å². The van der Waals surface area contributed by atoms with E-state index in [9.17, 15) is 9.18 Å². The first kappa shape index (κ1) is 20.3. The van der Waals surface area contributed by atoms with Crippen molar-refractivity contribution in [2.24, 2.45) is 0 Å². The van der Waals surface area contributed by atoms with Gasteiger partial charge in [-0.2, -0.15) is 14.9 Å². The summed E-state index contributed by atoms with van der Waals surface area (Å²) >= 11 is 0. The molecule has 4 heterocycles. The van der Waals surface area contributed by atoms with Crippen LogP contribution in [-0.2, 0) is 13.0 Å². The number of para-hydroxylation sites is 1. The Morgan fingerprint density at radius 1 is 1.12 bits per heavy atom. The van der Waals surface area contributed by atoms with Crippen LogP contribution in [0.15, 0.2) is 47.3 Å². The molecule has 2 aliphatic heterocycles. The van der Waals surface area contributed by atoms with Crippen molar-refractivity contribution < 1.29 is 4.39 Å². The van der Waals surface area contributed by atoms with E-state index in [-0.39, 0.29) is 5.69 Å². The highest BCUT2D eigenvalue weighted by atomic mass is 19.1. The van der Waals surface area contributed by atoms with E-state index in [1.165, 1.54) is 23.3 Å². The van der Waals surface area contributed by atoms with Crippen molar-refractivity contribution >= 4 is 11.0 Å². The van der Waals surface area contributed by atoms with Gasteiger partial charge in [-0.25, -0.2) is 4.39 Å². The van der Waals surface area contributed by atoms with Crippen LogP contribution >= 0.6 is 0 Å². The first-order valence-corrected chi connectivity index (χ1v) is 11.3. The van der Waals surface area contributed by atoms with Crippen molar-refractivity contribution in [1.29, 1.82) is 0 Å². The van der Waals surface area contributed by atoms with Crippen LogP contribution in [0.4, 0.5) is 4.39 Å². The number of fused-ring (bicyclic) bond motifs is 2. The Labute approximate surface area is 190 Å². The van der Waals surface area contributed by atoms with Crippen molar-refractivity contribution in [3.05, 3.63) is 75.3 Å². The van der Waals surface area contributed by atoms with Crippen LogP contribution in [0.3, 0.4) is 0 Å². The lowest BCUT2D eigenvalue weighted by atomic mass is 9.94. The number of rotatable bonds is 3. The quantitative estimate of drug-likeness (QED) is 0.526. The molecule has 7 nitrogen and oxygen atoms in total. The molecule has 2 aromatic heterocycles. The van der Waals surface area contributed by atoms with Gasteiger partial charge in [0.2, 0.25) is 0 Å². The molecule has 0 atom stereocenters. The van der Waals surface area contributed by atoms with E-state index in [4.69, 9.17) is 0 Å². The van der Waals surface area contributed by atoms with Crippen molar-refractivity contribution in [1.82, 2.24) is 29.8 Å². The number of benzene rings is 2. The zero-order chi connectivity index (χ0) is 22.7. The predicted octanol–water partition coefficient (Wildman–Crippen LogP) is 2.90. The molecular formula is C25H25FN6O. The third-order valence-corrected chi connectivity index (χ3v) is 6.93. The summed E-state index contributed by atoms with van der Waals surface area (Å²) in [5.41, 5.74) is 5.78. The average Bonchev–Trinajstić information content (AvgIpc) is 3.19. The smallest absolute Gasteiger partial charge is 0.273 e. The van der Waals surface area contributed by atoms with E-state index in [2.05, 4.69) is 50.3 Å². The first-order valence-electron chi connectivity index (χ1n) is 11.3. The summed E-state index contributed by atoms with van der Waals surface area (Å²) in [6.45, 7) is 6.07. The van der Waals surface area contributed by atoms with Crippen LogP contribution in [0.2, 0.25) is 0 Å². The Morgan fingerprint density at radius 3 is 2.76 bits per heavy atom. The number of hydrogen-bond acceptors (Lipinski definition) is 5. The fourth-order valence-corrected chi connectivity index (χ4v) is 5.07. The third kappa shape index (κ3) is 3.37. The minimum Gasteiger partial charge on any atom is -0.303 e. The second kappa shape index (κ2) is 7.60. The highest BCUT2D eigenvalue weighted by Crippen LogP contribution is 2.30. The van der Waals surface area contributed by atoms with Gasteiger partial charge in [-0.05, 0) is 49.2 Å². The van der Waals surface area contributed by atoms with Gasteiger partial charge in [0.1, 0.15) is 22.7 Å². The maximum Gasteiger partial charge on any atom is 0.273 e. The largest absolute Gasteiger partial charge is 0.303 e. The molecule has 0 bridgehead atoms. The Balaban J connectivity index is 1.38. The molecule has 168 valence electrons. The molecule has 1 N–H and O–H groups in total. The summed E-state index contributed by atoms with van der Waals surface area (Å²) in [4.78, 5) is 17.6. The number of aryl methyl sites for hydroxylation is 1. The Morgan fingerprint density at radius 2 is 1.97 bits per heavy atom. The van der Waals surface area contributed by atoms with E-state index in [0.717, 1.165) is 42.8 Å². The van der Waals surface area contributed by atoms with Crippen LogP contribution < -0.4 is 5.56 Å². The van der Waals surface area contributed by atoms with Gasteiger partial charge < -0.3 is 4.90 Å². The summed E-state index contributed by atoms with van der Waals surface area (Å²) in [7, 11) is 2.16. The minimum atomic E-state index is -0.481. The second-order valence-corrected chi connectivity index (χ2v) is 9.21. The topological polar surface area (TPSA) is 70.1 Å². The molecule has 33 heavy (non-hydrogen) atoms. The lowest BCUT2D eigenvalue weighted by Gasteiger charge is -2.45. The second-order valence-electron chi connectivity index (χ2n) is 9.21. The zero-order valence-electron chi connectivity index (χ0n) is 18.7. The van der Waals surface area contributed by atoms with E-state index in [1.54, 1.807) is 19.1 Å². The molecule has 0 aliphatic carbocycles. The number of halogens is 1. The van der Waals surface area contributed by atoms with E-state index >= 15 is 0 Å². The van der Waals surface area contributed by atoms with Crippen LogP contribution in [0.25, 0.3) is 28.0 Å². The Hall–Kier alpha value is -3.36. The lowest BCUT2D eigenvalue weighted by molar-refractivity contribution is 0.0435. The molecule has 6 rings (SSSR count).